The first-order valence-corrected chi connectivity index (χ1v) is 21.4. The van der Waals surface area contributed by atoms with Gasteiger partial charge in [-0.2, -0.15) is 0 Å². The highest BCUT2D eigenvalue weighted by molar-refractivity contribution is 5.89. The molecule has 1 heterocycles. The molecule has 10 aromatic rings. The predicted molar refractivity (Wildman–Crippen MR) is 254 cm³/mol. The lowest BCUT2D eigenvalue weighted by Gasteiger charge is -2.34. The van der Waals surface area contributed by atoms with Crippen LogP contribution in [0.1, 0.15) is 47.2 Å². The molecule has 294 valence electrons. The number of rotatable bonds is 7. The summed E-state index contributed by atoms with van der Waals surface area (Å²) in [6.45, 7) is 4.69. The van der Waals surface area contributed by atoms with Gasteiger partial charge in [0.25, 0.3) is 0 Å². The molecule has 0 saturated heterocycles. The molecule has 0 aliphatic heterocycles. The summed E-state index contributed by atoms with van der Waals surface area (Å²) in [6, 6.07) is 79.2. The molecule has 0 atom stereocenters. The van der Waals surface area contributed by atoms with Gasteiger partial charge in [0.05, 0.1) is 5.41 Å². The summed E-state index contributed by atoms with van der Waals surface area (Å²) >= 11 is 0. The number of hydrogen-bond acceptors (Lipinski definition) is 3. The molecule has 9 aromatic carbocycles. The first-order valence-electron chi connectivity index (χ1n) is 21.4. The van der Waals surface area contributed by atoms with Gasteiger partial charge >= 0.3 is 0 Å². The van der Waals surface area contributed by atoms with Crippen molar-refractivity contribution in [1.82, 2.24) is 4.98 Å². The quantitative estimate of drug-likeness (QED) is 0.161. The van der Waals surface area contributed by atoms with E-state index in [-0.39, 0.29) is 5.41 Å². The van der Waals surface area contributed by atoms with Crippen LogP contribution >= 0.6 is 0 Å². The maximum Gasteiger partial charge on any atom is 0.227 e. The van der Waals surface area contributed by atoms with Gasteiger partial charge in [0.15, 0.2) is 5.58 Å². The Morgan fingerprint density at radius 1 is 0.387 bits per heavy atom. The number of benzene rings is 9. The van der Waals surface area contributed by atoms with Crippen molar-refractivity contribution in [2.75, 3.05) is 4.90 Å². The molecule has 2 aliphatic rings. The number of para-hydroxylation sites is 1. The molecular formula is C59H42N2O. The lowest BCUT2D eigenvalue weighted by atomic mass is 9.67. The Hall–Kier alpha value is -7.75. The summed E-state index contributed by atoms with van der Waals surface area (Å²) in [5.74, 6) is 0.628. The molecule has 0 fully saturated rings. The van der Waals surface area contributed by atoms with Crippen LogP contribution in [-0.2, 0) is 10.8 Å². The Morgan fingerprint density at radius 3 is 1.55 bits per heavy atom. The molecular weight excluding hydrogens is 753 g/mol. The first-order chi connectivity index (χ1) is 30.5. The zero-order valence-corrected chi connectivity index (χ0v) is 34.6. The fourth-order valence-electron chi connectivity index (χ4n) is 10.5. The highest BCUT2D eigenvalue weighted by Gasteiger charge is 2.46. The molecule has 2 aliphatic carbocycles. The van der Waals surface area contributed by atoms with Crippen LogP contribution in [0.4, 0.5) is 17.1 Å². The molecule has 12 rings (SSSR count). The third kappa shape index (κ3) is 5.41. The Labute approximate surface area is 362 Å². The van der Waals surface area contributed by atoms with Crippen LogP contribution in [0.3, 0.4) is 0 Å². The van der Waals surface area contributed by atoms with E-state index in [0.717, 1.165) is 50.4 Å². The van der Waals surface area contributed by atoms with E-state index in [1.54, 1.807) is 0 Å². The maximum atomic E-state index is 6.50. The number of anilines is 3. The summed E-state index contributed by atoms with van der Waals surface area (Å²) in [4.78, 5) is 7.26. The number of hydrogen-bond donors (Lipinski definition) is 0. The fraction of sp³-hybridized carbons (Fsp3) is 0.0678. The van der Waals surface area contributed by atoms with Gasteiger partial charge in [0, 0.05) is 28.0 Å². The van der Waals surface area contributed by atoms with E-state index in [2.05, 4.69) is 207 Å². The minimum atomic E-state index is -0.564. The van der Waals surface area contributed by atoms with Crippen molar-refractivity contribution in [3.8, 4) is 44.8 Å². The lowest BCUT2D eigenvalue weighted by molar-refractivity contribution is 0.618. The number of fused-ring (bicyclic) bond motifs is 7. The monoisotopic (exact) mass is 794 g/mol. The van der Waals surface area contributed by atoms with Gasteiger partial charge in [-0.15, -0.1) is 0 Å². The van der Waals surface area contributed by atoms with Crippen molar-refractivity contribution in [3.05, 3.63) is 252 Å². The standard InChI is InChI=1S/C59H42N2O/c1-58(2)51-22-12-9-19-47(51)50-35-34-46(38-54(50)58)61(44-17-7-4-8-18-44)45-32-27-40(28-33-45)39-25-29-42(30-26-39)59(52-23-13-10-20-48(52)49-21-11-14-24-53(49)59)43-31-36-55-56(37-43)62-57(60-55)41-15-5-3-6-16-41/h3-38H,1-2H3. The number of oxazole rings is 1. The number of aromatic nitrogens is 1. The van der Waals surface area contributed by atoms with Crippen molar-refractivity contribution >= 4 is 28.2 Å². The average molecular weight is 795 g/mol. The van der Waals surface area contributed by atoms with Crippen molar-refractivity contribution in [2.24, 2.45) is 0 Å². The third-order valence-electron chi connectivity index (χ3n) is 13.4. The molecule has 0 amide bonds. The first kappa shape index (κ1) is 36.1. The Bertz CT molecular complexity index is 3260. The summed E-state index contributed by atoms with van der Waals surface area (Å²) in [6.07, 6.45) is 0. The van der Waals surface area contributed by atoms with Gasteiger partial charge in [0.2, 0.25) is 5.89 Å². The molecule has 0 unspecified atom stereocenters. The normalized spacial score (nSPS) is 13.9. The molecule has 3 heteroatoms. The van der Waals surface area contributed by atoms with E-state index in [9.17, 15) is 0 Å². The summed E-state index contributed by atoms with van der Waals surface area (Å²) in [5.41, 5.74) is 20.4. The predicted octanol–water partition coefficient (Wildman–Crippen LogP) is 15.3. The van der Waals surface area contributed by atoms with Crippen LogP contribution in [0.15, 0.2) is 223 Å². The average Bonchev–Trinajstić information content (AvgIpc) is 3.97. The van der Waals surface area contributed by atoms with Crippen LogP contribution in [0.2, 0.25) is 0 Å². The SMILES string of the molecule is CC1(C)c2ccccc2-c2ccc(N(c3ccccc3)c3ccc(-c4ccc(C5(c6ccc7nc(-c8ccccc8)oc7c6)c6ccccc6-c6ccccc65)cc4)cc3)cc21. The Balaban J connectivity index is 0.938. The summed E-state index contributed by atoms with van der Waals surface area (Å²) < 4.78 is 6.50. The van der Waals surface area contributed by atoms with Gasteiger partial charge in [-0.3, -0.25) is 0 Å². The molecule has 1 aromatic heterocycles. The van der Waals surface area contributed by atoms with Gasteiger partial charge in [-0.1, -0.05) is 172 Å². The van der Waals surface area contributed by atoms with E-state index >= 15 is 0 Å². The van der Waals surface area contributed by atoms with Crippen molar-refractivity contribution in [1.29, 1.82) is 0 Å². The molecule has 3 nitrogen and oxygen atoms in total. The molecule has 0 radical (unpaired) electrons. The zero-order valence-electron chi connectivity index (χ0n) is 34.6. The second-order valence-corrected chi connectivity index (χ2v) is 17.1. The van der Waals surface area contributed by atoms with Crippen molar-refractivity contribution < 1.29 is 4.42 Å². The van der Waals surface area contributed by atoms with Gasteiger partial charge in [-0.05, 0) is 127 Å². The van der Waals surface area contributed by atoms with Crippen LogP contribution in [0, 0.1) is 0 Å². The second-order valence-electron chi connectivity index (χ2n) is 17.1. The van der Waals surface area contributed by atoms with Gasteiger partial charge in [0.1, 0.15) is 5.52 Å². The van der Waals surface area contributed by atoms with Gasteiger partial charge in [-0.25, -0.2) is 4.98 Å². The highest BCUT2D eigenvalue weighted by atomic mass is 16.3. The summed E-state index contributed by atoms with van der Waals surface area (Å²) in [5, 5.41) is 0. The topological polar surface area (TPSA) is 29.3 Å². The smallest absolute Gasteiger partial charge is 0.227 e. The lowest BCUT2D eigenvalue weighted by Crippen LogP contribution is -2.28. The van der Waals surface area contributed by atoms with Crippen LogP contribution in [-0.4, -0.2) is 4.98 Å². The Morgan fingerprint density at radius 2 is 0.887 bits per heavy atom. The van der Waals surface area contributed by atoms with E-state index in [0.29, 0.717) is 5.89 Å². The molecule has 62 heavy (non-hydrogen) atoms. The Kier molecular flexibility index (Phi) is 8.10. The van der Waals surface area contributed by atoms with Crippen LogP contribution < -0.4 is 4.90 Å². The molecule has 0 bridgehead atoms. The van der Waals surface area contributed by atoms with Crippen molar-refractivity contribution in [2.45, 2.75) is 24.7 Å². The second kappa shape index (κ2) is 13.9. The third-order valence-corrected chi connectivity index (χ3v) is 13.4. The molecule has 0 spiro atoms. The fourth-order valence-corrected chi connectivity index (χ4v) is 10.5. The van der Waals surface area contributed by atoms with E-state index in [1.165, 1.54) is 50.1 Å². The van der Waals surface area contributed by atoms with Crippen LogP contribution in [0.25, 0.3) is 55.9 Å². The largest absolute Gasteiger partial charge is 0.436 e. The van der Waals surface area contributed by atoms with E-state index in [4.69, 9.17) is 9.40 Å². The molecule has 0 saturated carbocycles. The zero-order chi connectivity index (χ0) is 41.4. The van der Waals surface area contributed by atoms with E-state index in [1.807, 2.05) is 30.3 Å². The number of nitrogens with zero attached hydrogens (tertiary/aromatic N) is 2. The van der Waals surface area contributed by atoms with E-state index < -0.39 is 5.41 Å². The molecule has 0 N–H and O–H groups in total. The summed E-state index contributed by atoms with van der Waals surface area (Å²) in [7, 11) is 0. The van der Waals surface area contributed by atoms with Crippen molar-refractivity contribution in [3.63, 3.8) is 0 Å². The highest BCUT2D eigenvalue weighted by Crippen LogP contribution is 2.57. The minimum absolute atomic E-state index is 0.0871. The van der Waals surface area contributed by atoms with Crippen LogP contribution in [0.5, 0.6) is 0 Å². The minimum Gasteiger partial charge on any atom is -0.436 e. The van der Waals surface area contributed by atoms with Gasteiger partial charge < -0.3 is 9.32 Å². The maximum absolute atomic E-state index is 6.50.